The van der Waals surface area contributed by atoms with Gasteiger partial charge in [-0.15, -0.1) is 11.3 Å². The van der Waals surface area contributed by atoms with Gasteiger partial charge < -0.3 is 19.8 Å². The fourth-order valence-electron chi connectivity index (χ4n) is 3.78. The Morgan fingerprint density at radius 3 is 2.93 bits per heavy atom. The number of benzene rings is 1. The quantitative estimate of drug-likeness (QED) is 0.684. The van der Waals surface area contributed by atoms with Gasteiger partial charge in [-0.1, -0.05) is 0 Å². The van der Waals surface area contributed by atoms with Crippen molar-refractivity contribution in [2.75, 3.05) is 25.2 Å². The summed E-state index contributed by atoms with van der Waals surface area (Å²) in [6.07, 6.45) is 1.53. The predicted molar refractivity (Wildman–Crippen MR) is 109 cm³/mol. The zero-order chi connectivity index (χ0) is 19.8. The monoisotopic (exact) mass is 412 g/mol. The van der Waals surface area contributed by atoms with Crippen LogP contribution in [0.25, 0.3) is 10.2 Å². The summed E-state index contributed by atoms with van der Waals surface area (Å²) < 4.78 is 11.3. The number of nitrogens with zero attached hydrogens (tertiary/aromatic N) is 2. The van der Waals surface area contributed by atoms with E-state index in [4.69, 9.17) is 9.47 Å². The Bertz CT molecular complexity index is 1120. The number of fused-ring (bicyclic) bond motifs is 2. The number of H-pyrrole nitrogens is 1. The van der Waals surface area contributed by atoms with E-state index in [9.17, 15) is 9.59 Å². The molecule has 0 bridgehead atoms. The van der Waals surface area contributed by atoms with Crippen LogP contribution >= 0.6 is 11.3 Å². The van der Waals surface area contributed by atoms with Crippen molar-refractivity contribution in [1.82, 2.24) is 14.9 Å². The molecule has 5 rings (SSSR count). The fraction of sp³-hybridized carbons (Fsp3) is 0.350. The highest BCUT2D eigenvalue weighted by atomic mass is 32.1. The van der Waals surface area contributed by atoms with Crippen LogP contribution < -0.4 is 20.3 Å². The molecular weight excluding hydrogens is 392 g/mol. The van der Waals surface area contributed by atoms with E-state index in [0.717, 1.165) is 31.4 Å². The SMILES string of the molecule is O=C(Nc1ccc2c(c1)OCO2)C1CCN(Cc2nc3ccsc3c(=O)[nH]2)CC1. The third-order valence-corrected chi connectivity index (χ3v) is 6.24. The van der Waals surface area contributed by atoms with E-state index in [1.54, 1.807) is 12.1 Å². The third-order valence-electron chi connectivity index (χ3n) is 5.34. The molecule has 2 N–H and O–H groups in total. The number of carbonyl (C=O) groups is 1. The van der Waals surface area contributed by atoms with Crippen molar-refractivity contribution in [3.8, 4) is 11.5 Å². The number of aromatic amines is 1. The molecule has 1 saturated heterocycles. The van der Waals surface area contributed by atoms with Crippen LogP contribution in [0.2, 0.25) is 0 Å². The summed E-state index contributed by atoms with van der Waals surface area (Å²) >= 11 is 1.40. The first-order valence-corrected chi connectivity index (χ1v) is 10.4. The number of ether oxygens (including phenoxy) is 2. The smallest absolute Gasteiger partial charge is 0.268 e. The Morgan fingerprint density at radius 2 is 2.07 bits per heavy atom. The number of thiophene rings is 1. The lowest BCUT2D eigenvalue weighted by Gasteiger charge is -2.30. The van der Waals surface area contributed by atoms with Crippen molar-refractivity contribution in [2.45, 2.75) is 19.4 Å². The van der Waals surface area contributed by atoms with E-state index in [2.05, 4.69) is 20.2 Å². The van der Waals surface area contributed by atoms with Crippen LogP contribution in [0.1, 0.15) is 18.7 Å². The normalized spacial score (nSPS) is 17.0. The molecule has 0 atom stereocenters. The second kappa shape index (κ2) is 7.49. The van der Waals surface area contributed by atoms with Crippen LogP contribution in [-0.4, -0.2) is 40.7 Å². The van der Waals surface area contributed by atoms with Gasteiger partial charge >= 0.3 is 0 Å². The standard InChI is InChI=1S/C20H20N4O4S/c25-19(21-13-1-2-15-16(9-13)28-11-27-15)12-3-6-24(7-4-12)10-17-22-14-5-8-29-18(14)20(26)23-17/h1-2,5,8-9,12H,3-4,6-7,10-11H2,(H,21,25)(H,22,23,26). The maximum absolute atomic E-state index is 12.6. The fourth-order valence-corrected chi connectivity index (χ4v) is 4.51. The highest BCUT2D eigenvalue weighted by molar-refractivity contribution is 7.17. The zero-order valence-electron chi connectivity index (χ0n) is 15.6. The van der Waals surface area contributed by atoms with E-state index in [0.29, 0.717) is 34.3 Å². The molecule has 2 aromatic heterocycles. The molecule has 8 nitrogen and oxygen atoms in total. The molecule has 3 aromatic rings. The lowest BCUT2D eigenvalue weighted by molar-refractivity contribution is -0.121. The first-order chi connectivity index (χ1) is 14.2. The minimum absolute atomic E-state index is 0.0229. The molecule has 1 fully saturated rings. The highest BCUT2D eigenvalue weighted by Gasteiger charge is 2.26. The average Bonchev–Trinajstić information content (AvgIpc) is 3.37. The van der Waals surface area contributed by atoms with Crippen molar-refractivity contribution in [3.63, 3.8) is 0 Å². The van der Waals surface area contributed by atoms with Crippen LogP contribution in [-0.2, 0) is 11.3 Å². The number of hydrogen-bond acceptors (Lipinski definition) is 7. The number of piperidine rings is 1. The Morgan fingerprint density at radius 1 is 1.24 bits per heavy atom. The molecule has 150 valence electrons. The van der Waals surface area contributed by atoms with Crippen molar-refractivity contribution < 1.29 is 14.3 Å². The number of amides is 1. The van der Waals surface area contributed by atoms with Crippen LogP contribution in [0.3, 0.4) is 0 Å². The molecule has 0 saturated carbocycles. The van der Waals surface area contributed by atoms with Crippen molar-refractivity contribution >= 4 is 33.1 Å². The van der Waals surface area contributed by atoms with E-state index >= 15 is 0 Å². The van der Waals surface area contributed by atoms with Gasteiger partial charge in [0.1, 0.15) is 10.5 Å². The van der Waals surface area contributed by atoms with E-state index in [1.165, 1.54) is 11.3 Å². The number of aromatic nitrogens is 2. The summed E-state index contributed by atoms with van der Waals surface area (Å²) in [4.78, 5) is 34.4. The number of anilines is 1. The average molecular weight is 412 g/mol. The molecule has 4 heterocycles. The molecule has 0 spiro atoms. The first-order valence-electron chi connectivity index (χ1n) is 9.55. The second-order valence-electron chi connectivity index (χ2n) is 7.26. The second-order valence-corrected chi connectivity index (χ2v) is 8.17. The van der Waals surface area contributed by atoms with E-state index in [-0.39, 0.29) is 24.2 Å². The summed E-state index contributed by atoms with van der Waals surface area (Å²) in [5, 5.41) is 4.85. The molecular formula is C20H20N4O4S. The zero-order valence-corrected chi connectivity index (χ0v) is 16.5. The lowest BCUT2D eigenvalue weighted by atomic mass is 9.95. The van der Waals surface area contributed by atoms with Crippen LogP contribution in [0.15, 0.2) is 34.4 Å². The molecule has 0 radical (unpaired) electrons. The van der Waals surface area contributed by atoms with E-state index < -0.39 is 0 Å². The molecule has 2 aliphatic heterocycles. The molecule has 29 heavy (non-hydrogen) atoms. The number of nitrogens with one attached hydrogen (secondary N) is 2. The lowest BCUT2D eigenvalue weighted by Crippen LogP contribution is -2.38. The number of carbonyl (C=O) groups excluding carboxylic acids is 1. The Hall–Kier alpha value is -2.91. The van der Waals surface area contributed by atoms with Gasteiger partial charge in [-0.05, 0) is 49.5 Å². The number of rotatable bonds is 4. The highest BCUT2D eigenvalue weighted by Crippen LogP contribution is 2.34. The summed E-state index contributed by atoms with van der Waals surface area (Å²) in [6.45, 7) is 2.36. The summed E-state index contributed by atoms with van der Waals surface area (Å²) in [5.74, 6) is 2.01. The molecule has 1 aromatic carbocycles. The van der Waals surface area contributed by atoms with Crippen LogP contribution in [0.4, 0.5) is 5.69 Å². The summed E-state index contributed by atoms with van der Waals surface area (Å²) in [6, 6.07) is 7.28. The molecule has 9 heteroatoms. The predicted octanol–water partition coefficient (Wildman–Crippen LogP) is 2.56. The minimum Gasteiger partial charge on any atom is -0.454 e. The third kappa shape index (κ3) is 3.70. The Labute approximate surface area is 170 Å². The maximum atomic E-state index is 12.6. The van der Waals surface area contributed by atoms with Crippen molar-refractivity contribution in [1.29, 1.82) is 0 Å². The molecule has 0 aliphatic carbocycles. The maximum Gasteiger partial charge on any atom is 0.268 e. The minimum atomic E-state index is -0.0852. The topological polar surface area (TPSA) is 96.6 Å². The van der Waals surface area contributed by atoms with Crippen molar-refractivity contribution in [2.24, 2.45) is 5.92 Å². The Balaban J connectivity index is 1.17. The van der Waals surface area contributed by atoms with Crippen molar-refractivity contribution in [3.05, 3.63) is 45.8 Å². The first kappa shape index (κ1) is 18.1. The number of hydrogen-bond donors (Lipinski definition) is 2. The van der Waals surface area contributed by atoms with Gasteiger partial charge in [0, 0.05) is 17.7 Å². The van der Waals surface area contributed by atoms with Crippen LogP contribution in [0.5, 0.6) is 11.5 Å². The van der Waals surface area contributed by atoms with Gasteiger partial charge in [-0.2, -0.15) is 0 Å². The van der Waals surface area contributed by atoms with Gasteiger partial charge in [-0.25, -0.2) is 4.98 Å². The Kier molecular flexibility index (Phi) is 4.69. The van der Waals surface area contributed by atoms with Gasteiger partial charge in [-0.3, -0.25) is 14.5 Å². The van der Waals surface area contributed by atoms with Crippen LogP contribution in [0, 0.1) is 5.92 Å². The van der Waals surface area contributed by atoms with Gasteiger partial charge in [0.2, 0.25) is 12.7 Å². The largest absolute Gasteiger partial charge is 0.454 e. The molecule has 2 aliphatic rings. The van der Waals surface area contributed by atoms with E-state index in [1.807, 2.05) is 17.5 Å². The van der Waals surface area contributed by atoms with Gasteiger partial charge in [0.05, 0.1) is 12.1 Å². The number of likely N-dealkylation sites (tertiary alicyclic amines) is 1. The molecule has 1 amide bonds. The summed E-state index contributed by atoms with van der Waals surface area (Å²) in [7, 11) is 0. The van der Waals surface area contributed by atoms with Gasteiger partial charge in [0.15, 0.2) is 11.5 Å². The summed E-state index contributed by atoms with van der Waals surface area (Å²) in [5.41, 5.74) is 1.37. The molecule has 0 unspecified atom stereocenters. The van der Waals surface area contributed by atoms with Gasteiger partial charge in [0.25, 0.3) is 5.56 Å².